The SMILES string of the molecule is COc1cccc(/C=C2\SC(=S)N(CC(=O)NCCc3ccc(O)cc3)C2=O)c1. The lowest BCUT2D eigenvalue weighted by atomic mass is 10.1. The van der Waals surface area contributed by atoms with E-state index in [1.54, 1.807) is 37.5 Å². The molecule has 1 heterocycles. The van der Waals surface area contributed by atoms with Crippen LogP contribution in [0.5, 0.6) is 11.5 Å². The van der Waals surface area contributed by atoms with Crippen molar-refractivity contribution in [1.82, 2.24) is 10.2 Å². The molecule has 2 aromatic carbocycles. The number of thiocarbonyl (C=S) groups is 1. The number of carbonyl (C=O) groups is 2. The molecule has 2 N–H and O–H groups in total. The Morgan fingerprint density at radius 1 is 1.28 bits per heavy atom. The van der Waals surface area contributed by atoms with Crippen molar-refractivity contribution in [2.75, 3.05) is 20.2 Å². The number of benzene rings is 2. The molecule has 0 unspecified atom stereocenters. The van der Waals surface area contributed by atoms with Gasteiger partial charge in [-0.15, -0.1) is 0 Å². The second-order valence-electron chi connectivity index (χ2n) is 6.31. The van der Waals surface area contributed by atoms with Gasteiger partial charge in [-0.2, -0.15) is 0 Å². The summed E-state index contributed by atoms with van der Waals surface area (Å²) in [4.78, 5) is 26.7. The number of phenols is 1. The fourth-order valence-electron chi connectivity index (χ4n) is 2.73. The molecule has 0 spiro atoms. The molecule has 3 rings (SSSR count). The average molecular weight is 429 g/mol. The zero-order valence-corrected chi connectivity index (χ0v) is 17.4. The highest BCUT2D eigenvalue weighted by molar-refractivity contribution is 8.26. The van der Waals surface area contributed by atoms with Crippen LogP contribution in [0.15, 0.2) is 53.4 Å². The van der Waals surface area contributed by atoms with Crippen LogP contribution < -0.4 is 10.1 Å². The van der Waals surface area contributed by atoms with Crippen molar-refractivity contribution < 1.29 is 19.4 Å². The van der Waals surface area contributed by atoms with E-state index in [0.717, 1.165) is 11.1 Å². The van der Waals surface area contributed by atoms with Crippen LogP contribution in [0.3, 0.4) is 0 Å². The van der Waals surface area contributed by atoms with Gasteiger partial charge in [0, 0.05) is 6.54 Å². The first-order valence-electron chi connectivity index (χ1n) is 8.90. The van der Waals surface area contributed by atoms with Crippen LogP contribution in [0.4, 0.5) is 0 Å². The van der Waals surface area contributed by atoms with Crippen LogP contribution in [0, 0.1) is 0 Å². The summed E-state index contributed by atoms with van der Waals surface area (Å²) in [6.45, 7) is 0.313. The molecule has 6 nitrogen and oxygen atoms in total. The Labute approximate surface area is 178 Å². The van der Waals surface area contributed by atoms with Crippen LogP contribution in [-0.4, -0.2) is 46.3 Å². The fraction of sp³-hybridized carbons (Fsp3) is 0.190. The monoisotopic (exact) mass is 428 g/mol. The molecule has 2 aromatic rings. The number of carbonyl (C=O) groups excluding carboxylic acids is 2. The number of hydrogen-bond donors (Lipinski definition) is 2. The van der Waals surface area contributed by atoms with Gasteiger partial charge < -0.3 is 15.2 Å². The second-order valence-corrected chi connectivity index (χ2v) is 7.99. The highest BCUT2D eigenvalue weighted by atomic mass is 32.2. The van der Waals surface area contributed by atoms with E-state index in [0.29, 0.717) is 27.9 Å². The van der Waals surface area contributed by atoms with Gasteiger partial charge in [0.05, 0.1) is 12.0 Å². The molecular formula is C21H20N2O4S2. The Morgan fingerprint density at radius 2 is 2.03 bits per heavy atom. The van der Waals surface area contributed by atoms with Gasteiger partial charge >= 0.3 is 0 Å². The van der Waals surface area contributed by atoms with Gasteiger partial charge in [-0.1, -0.05) is 48.2 Å². The molecule has 1 saturated heterocycles. The summed E-state index contributed by atoms with van der Waals surface area (Å²) in [5.74, 6) is 0.343. The van der Waals surface area contributed by atoms with Gasteiger partial charge in [-0.3, -0.25) is 14.5 Å². The molecule has 29 heavy (non-hydrogen) atoms. The normalized spacial score (nSPS) is 15.1. The molecule has 8 heteroatoms. The smallest absolute Gasteiger partial charge is 0.266 e. The molecule has 0 radical (unpaired) electrons. The topological polar surface area (TPSA) is 78.9 Å². The summed E-state index contributed by atoms with van der Waals surface area (Å²) in [6, 6.07) is 14.2. The molecule has 1 aliphatic heterocycles. The molecule has 0 aliphatic carbocycles. The third kappa shape index (κ3) is 5.58. The summed E-state index contributed by atoms with van der Waals surface area (Å²) in [5, 5.41) is 12.1. The molecule has 0 saturated carbocycles. The van der Waals surface area contributed by atoms with Crippen LogP contribution >= 0.6 is 24.0 Å². The van der Waals surface area contributed by atoms with Crippen LogP contribution in [-0.2, 0) is 16.0 Å². The van der Waals surface area contributed by atoms with E-state index >= 15 is 0 Å². The number of aromatic hydroxyl groups is 1. The molecular weight excluding hydrogens is 408 g/mol. The number of ether oxygens (including phenoxy) is 1. The first-order valence-corrected chi connectivity index (χ1v) is 10.1. The van der Waals surface area contributed by atoms with Gasteiger partial charge in [-0.25, -0.2) is 0 Å². The summed E-state index contributed by atoms with van der Waals surface area (Å²) in [5.41, 5.74) is 1.82. The first-order chi connectivity index (χ1) is 14.0. The maximum atomic E-state index is 12.7. The molecule has 0 bridgehead atoms. The highest BCUT2D eigenvalue weighted by Gasteiger charge is 2.33. The van der Waals surface area contributed by atoms with E-state index in [2.05, 4.69) is 5.32 Å². The maximum absolute atomic E-state index is 12.7. The molecule has 0 aromatic heterocycles. The number of methoxy groups -OCH3 is 1. The van der Waals surface area contributed by atoms with Crippen molar-refractivity contribution in [2.45, 2.75) is 6.42 Å². The minimum Gasteiger partial charge on any atom is -0.508 e. The third-order valence-corrected chi connectivity index (χ3v) is 5.62. The van der Waals surface area contributed by atoms with Crippen molar-refractivity contribution in [2.24, 2.45) is 0 Å². The number of thioether (sulfide) groups is 1. The van der Waals surface area contributed by atoms with Gasteiger partial charge in [0.25, 0.3) is 5.91 Å². The Kier molecular flexibility index (Phi) is 6.90. The van der Waals surface area contributed by atoms with E-state index in [1.165, 1.54) is 16.7 Å². The summed E-state index contributed by atoms with van der Waals surface area (Å²) in [7, 11) is 1.58. The Morgan fingerprint density at radius 3 is 2.76 bits per heavy atom. The van der Waals surface area contributed by atoms with Gasteiger partial charge in [0.2, 0.25) is 5.91 Å². The lowest BCUT2D eigenvalue weighted by Gasteiger charge is -2.14. The standard InChI is InChI=1S/C21H20N2O4S2/c1-27-17-4-2-3-15(11-17)12-18-20(26)23(21(28)29-18)13-19(25)22-10-9-14-5-7-16(24)8-6-14/h2-8,11-12,24H,9-10,13H2,1H3,(H,22,25)/b18-12-. The quantitative estimate of drug-likeness (QED) is 0.522. The second kappa shape index (κ2) is 9.58. The van der Waals surface area contributed by atoms with Crippen molar-refractivity contribution >= 4 is 46.2 Å². The van der Waals surface area contributed by atoms with Crippen molar-refractivity contribution in [3.8, 4) is 11.5 Å². The van der Waals surface area contributed by atoms with Crippen molar-refractivity contribution in [3.63, 3.8) is 0 Å². The number of nitrogens with one attached hydrogen (secondary N) is 1. The van der Waals surface area contributed by atoms with Crippen LogP contribution in [0.25, 0.3) is 6.08 Å². The van der Waals surface area contributed by atoms with E-state index in [1.807, 2.05) is 24.3 Å². The van der Waals surface area contributed by atoms with Gasteiger partial charge in [0.15, 0.2) is 0 Å². The van der Waals surface area contributed by atoms with Crippen LogP contribution in [0.2, 0.25) is 0 Å². The maximum Gasteiger partial charge on any atom is 0.266 e. The van der Waals surface area contributed by atoms with Crippen molar-refractivity contribution in [3.05, 3.63) is 64.6 Å². The zero-order valence-electron chi connectivity index (χ0n) is 15.8. The first kappa shape index (κ1) is 20.9. The third-order valence-electron chi connectivity index (χ3n) is 4.24. The number of rotatable bonds is 7. The Balaban J connectivity index is 1.55. The summed E-state index contributed by atoms with van der Waals surface area (Å²) in [6.07, 6.45) is 2.37. The summed E-state index contributed by atoms with van der Waals surface area (Å²) >= 11 is 6.46. The lowest BCUT2D eigenvalue weighted by Crippen LogP contribution is -2.40. The van der Waals surface area contributed by atoms with Gasteiger partial charge in [-0.05, 0) is 47.9 Å². The lowest BCUT2D eigenvalue weighted by molar-refractivity contribution is -0.128. The number of nitrogens with zero attached hydrogens (tertiary/aromatic N) is 1. The van der Waals surface area contributed by atoms with E-state index in [4.69, 9.17) is 17.0 Å². The Bertz CT molecular complexity index is 957. The van der Waals surface area contributed by atoms with E-state index < -0.39 is 0 Å². The molecule has 1 fully saturated rings. The largest absolute Gasteiger partial charge is 0.508 e. The van der Waals surface area contributed by atoms with Crippen LogP contribution in [0.1, 0.15) is 11.1 Å². The molecule has 0 atom stereocenters. The van der Waals surface area contributed by atoms with E-state index in [9.17, 15) is 14.7 Å². The van der Waals surface area contributed by atoms with E-state index in [-0.39, 0.29) is 24.1 Å². The molecule has 2 amide bonds. The summed E-state index contributed by atoms with van der Waals surface area (Å²) < 4.78 is 5.55. The Hall–Kier alpha value is -2.84. The highest BCUT2D eigenvalue weighted by Crippen LogP contribution is 2.32. The predicted octanol–water partition coefficient (Wildman–Crippen LogP) is 2.96. The minimum absolute atomic E-state index is 0.115. The fourth-order valence-corrected chi connectivity index (χ4v) is 3.98. The minimum atomic E-state index is -0.281. The molecule has 150 valence electrons. The van der Waals surface area contributed by atoms with Crippen molar-refractivity contribution in [1.29, 1.82) is 0 Å². The number of hydrogen-bond acceptors (Lipinski definition) is 6. The predicted molar refractivity (Wildman–Crippen MR) is 118 cm³/mol. The molecule has 1 aliphatic rings. The number of amides is 2. The average Bonchev–Trinajstić information content (AvgIpc) is 2.97. The zero-order chi connectivity index (χ0) is 20.8. The van der Waals surface area contributed by atoms with Gasteiger partial charge in [0.1, 0.15) is 22.4 Å². The number of phenolic OH excluding ortho intramolecular Hbond substituents is 1.